The highest BCUT2D eigenvalue weighted by molar-refractivity contribution is 5.80. The molecule has 1 aliphatic rings. The maximum absolute atomic E-state index is 12.9. The molecule has 0 spiro atoms. The number of rotatable bonds is 5. The van der Waals surface area contributed by atoms with E-state index in [1.54, 1.807) is 6.92 Å². The smallest absolute Gasteiger partial charge is 0.315 e. The van der Waals surface area contributed by atoms with Gasteiger partial charge in [0.1, 0.15) is 17.8 Å². The van der Waals surface area contributed by atoms with Crippen molar-refractivity contribution in [1.29, 1.82) is 0 Å². The zero-order valence-corrected chi connectivity index (χ0v) is 10.0. The summed E-state index contributed by atoms with van der Waals surface area (Å²) in [7, 11) is 0. The van der Waals surface area contributed by atoms with Crippen LogP contribution in [0.3, 0.4) is 0 Å². The summed E-state index contributed by atoms with van der Waals surface area (Å²) in [4.78, 5) is 11.6. The minimum Gasteiger partial charge on any atom is -0.492 e. The molecule has 1 fully saturated rings. The van der Waals surface area contributed by atoms with Crippen LogP contribution in [0.15, 0.2) is 18.2 Å². The van der Waals surface area contributed by atoms with Crippen LogP contribution >= 0.6 is 0 Å². The predicted octanol–water partition coefficient (Wildman–Crippen LogP) is 2.69. The Labute approximate surface area is 104 Å². The van der Waals surface area contributed by atoms with Gasteiger partial charge in [-0.3, -0.25) is 4.79 Å². The van der Waals surface area contributed by atoms with E-state index in [9.17, 15) is 13.6 Å². The fourth-order valence-electron chi connectivity index (χ4n) is 1.63. The van der Waals surface area contributed by atoms with Gasteiger partial charge >= 0.3 is 5.97 Å². The topological polar surface area (TPSA) is 35.5 Å². The van der Waals surface area contributed by atoms with Gasteiger partial charge in [-0.1, -0.05) is 0 Å². The highest BCUT2D eigenvalue weighted by Crippen LogP contribution is 2.47. The lowest BCUT2D eigenvalue weighted by Crippen LogP contribution is -2.25. The zero-order chi connectivity index (χ0) is 13.2. The van der Waals surface area contributed by atoms with Gasteiger partial charge in [0.25, 0.3) is 0 Å². The Morgan fingerprint density at radius 2 is 2.06 bits per heavy atom. The molecule has 0 aliphatic heterocycles. The van der Waals surface area contributed by atoms with E-state index in [0.29, 0.717) is 19.4 Å². The molecule has 0 atom stereocenters. The van der Waals surface area contributed by atoms with Crippen LogP contribution in [-0.2, 0) is 9.53 Å². The van der Waals surface area contributed by atoms with Gasteiger partial charge < -0.3 is 9.47 Å². The van der Waals surface area contributed by atoms with Gasteiger partial charge in [-0.25, -0.2) is 8.78 Å². The third-order valence-electron chi connectivity index (χ3n) is 2.97. The largest absolute Gasteiger partial charge is 0.492 e. The Balaban J connectivity index is 1.95. The SMILES string of the molecule is CCOC(=O)C1(COc2ccc(F)c(F)c2)CC1. The van der Waals surface area contributed by atoms with Crippen molar-refractivity contribution >= 4 is 5.97 Å². The Morgan fingerprint density at radius 1 is 1.33 bits per heavy atom. The molecule has 0 aromatic heterocycles. The number of esters is 1. The van der Waals surface area contributed by atoms with Crippen molar-refractivity contribution in [3.05, 3.63) is 29.8 Å². The first-order chi connectivity index (χ1) is 8.57. The third kappa shape index (κ3) is 2.60. The first-order valence-corrected chi connectivity index (χ1v) is 5.82. The molecule has 0 bridgehead atoms. The van der Waals surface area contributed by atoms with Crippen LogP contribution < -0.4 is 4.74 Å². The fraction of sp³-hybridized carbons (Fsp3) is 0.462. The van der Waals surface area contributed by atoms with Gasteiger partial charge in [-0.05, 0) is 31.9 Å². The summed E-state index contributed by atoms with van der Waals surface area (Å²) >= 11 is 0. The van der Waals surface area contributed by atoms with Crippen molar-refractivity contribution in [2.75, 3.05) is 13.2 Å². The van der Waals surface area contributed by atoms with Crippen LogP contribution in [0.5, 0.6) is 5.75 Å². The predicted molar refractivity (Wildman–Crippen MR) is 60.2 cm³/mol. The zero-order valence-electron chi connectivity index (χ0n) is 10.0. The molecule has 0 amide bonds. The Kier molecular flexibility index (Phi) is 3.50. The molecule has 1 saturated carbocycles. The fourth-order valence-corrected chi connectivity index (χ4v) is 1.63. The third-order valence-corrected chi connectivity index (χ3v) is 2.97. The molecule has 0 N–H and O–H groups in total. The summed E-state index contributed by atoms with van der Waals surface area (Å²) in [5.41, 5.74) is -0.596. The molecule has 0 radical (unpaired) electrons. The molecule has 18 heavy (non-hydrogen) atoms. The minimum atomic E-state index is -0.964. The summed E-state index contributed by atoms with van der Waals surface area (Å²) < 4.78 is 35.9. The molecule has 0 saturated heterocycles. The molecule has 1 aliphatic carbocycles. The number of carbonyl (C=O) groups is 1. The van der Waals surface area contributed by atoms with Crippen LogP contribution in [0.2, 0.25) is 0 Å². The van der Waals surface area contributed by atoms with Gasteiger partial charge in [0.2, 0.25) is 0 Å². The standard InChI is InChI=1S/C13H14F2O3/c1-2-17-12(16)13(5-6-13)8-18-9-3-4-10(14)11(15)7-9/h3-4,7H,2,5-6,8H2,1H3. The average molecular weight is 256 g/mol. The number of hydrogen-bond donors (Lipinski definition) is 0. The van der Waals surface area contributed by atoms with E-state index >= 15 is 0 Å². The maximum atomic E-state index is 12.9. The first-order valence-electron chi connectivity index (χ1n) is 5.82. The average Bonchev–Trinajstić information content (AvgIpc) is 3.12. The van der Waals surface area contributed by atoms with Gasteiger partial charge in [0, 0.05) is 6.07 Å². The van der Waals surface area contributed by atoms with Gasteiger partial charge in [-0.15, -0.1) is 0 Å². The van der Waals surface area contributed by atoms with E-state index in [0.717, 1.165) is 12.1 Å². The number of ether oxygens (including phenoxy) is 2. The summed E-state index contributed by atoms with van der Waals surface area (Å²) in [6.45, 7) is 2.20. The number of hydrogen-bond acceptors (Lipinski definition) is 3. The quantitative estimate of drug-likeness (QED) is 0.760. The van der Waals surface area contributed by atoms with Crippen LogP contribution in [0, 0.1) is 17.0 Å². The molecule has 1 aromatic rings. The van der Waals surface area contributed by atoms with E-state index in [1.165, 1.54) is 6.07 Å². The molecule has 98 valence electrons. The van der Waals surface area contributed by atoms with E-state index < -0.39 is 17.0 Å². The van der Waals surface area contributed by atoms with Crippen molar-refractivity contribution in [2.24, 2.45) is 5.41 Å². The lowest BCUT2D eigenvalue weighted by atomic mass is 10.1. The second-order valence-corrected chi connectivity index (χ2v) is 4.37. The maximum Gasteiger partial charge on any atom is 0.315 e. The molecule has 0 heterocycles. The summed E-state index contributed by atoms with van der Waals surface area (Å²) in [5, 5.41) is 0. The van der Waals surface area contributed by atoms with E-state index in [-0.39, 0.29) is 18.3 Å². The van der Waals surface area contributed by atoms with Gasteiger partial charge in [0.15, 0.2) is 11.6 Å². The van der Waals surface area contributed by atoms with Crippen LogP contribution in [0.4, 0.5) is 8.78 Å². The van der Waals surface area contributed by atoms with E-state index in [2.05, 4.69) is 0 Å². The number of benzene rings is 1. The first kappa shape index (κ1) is 12.8. The molecule has 0 unspecified atom stereocenters. The second kappa shape index (κ2) is 4.92. The summed E-state index contributed by atoms with van der Waals surface area (Å²) in [6, 6.07) is 3.30. The number of halogens is 2. The van der Waals surface area contributed by atoms with E-state index in [4.69, 9.17) is 9.47 Å². The minimum absolute atomic E-state index is 0.136. The van der Waals surface area contributed by atoms with Crippen molar-refractivity contribution in [3.8, 4) is 5.75 Å². The highest BCUT2D eigenvalue weighted by atomic mass is 19.2. The molecule has 1 aromatic carbocycles. The molecule has 5 heteroatoms. The van der Waals surface area contributed by atoms with Crippen molar-refractivity contribution in [2.45, 2.75) is 19.8 Å². The monoisotopic (exact) mass is 256 g/mol. The molecular weight excluding hydrogens is 242 g/mol. The Hall–Kier alpha value is -1.65. The Bertz CT molecular complexity index is 456. The summed E-state index contributed by atoms with van der Waals surface area (Å²) in [5.74, 6) is -1.96. The lowest BCUT2D eigenvalue weighted by Gasteiger charge is -2.14. The molecule has 2 rings (SSSR count). The summed E-state index contributed by atoms with van der Waals surface area (Å²) in [6.07, 6.45) is 1.41. The van der Waals surface area contributed by atoms with Crippen LogP contribution in [0.1, 0.15) is 19.8 Å². The Morgan fingerprint density at radius 3 is 2.61 bits per heavy atom. The van der Waals surface area contributed by atoms with Gasteiger partial charge in [-0.2, -0.15) is 0 Å². The van der Waals surface area contributed by atoms with Crippen molar-refractivity contribution < 1.29 is 23.0 Å². The highest BCUT2D eigenvalue weighted by Gasteiger charge is 2.52. The molecular formula is C13H14F2O3. The normalized spacial score (nSPS) is 16.2. The number of carbonyl (C=O) groups excluding carboxylic acids is 1. The molecule has 3 nitrogen and oxygen atoms in total. The van der Waals surface area contributed by atoms with Crippen LogP contribution in [-0.4, -0.2) is 19.2 Å². The van der Waals surface area contributed by atoms with Crippen LogP contribution in [0.25, 0.3) is 0 Å². The van der Waals surface area contributed by atoms with Crippen molar-refractivity contribution in [1.82, 2.24) is 0 Å². The second-order valence-electron chi connectivity index (χ2n) is 4.37. The van der Waals surface area contributed by atoms with E-state index in [1.807, 2.05) is 0 Å². The lowest BCUT2D eigenvalue weighted by molar-refractivity contribution is -0.150. The van der Waals surface area contributed by atoms with Crippen molar-refractivity contribution in [3.63, 3.8) is 0 Å². The van der Waals surface area contributed by atoms with Gasteiger partial charge in [0.05, 0.1) is 6.61 Å².